The summed E-state index contributed by atoms with van der Waals surface area (Å²) in [7, 11) is -4.53. The number of Topliss-reactive ketones (excluding diaryl/α,β-unsaturated/α-hetero) is 2. The molecule has 2 N–H and O–H groups in total. The molecule has 0 fully saturated rings. The van der Waals surface area contributed by atoms with Crippen molar-refractivity contribution in [2.24, 2.45) is 0 Å². The minimum atomic E-state index is -4.53. The number of phosphoric acid groups is 1. The van der Waals surface area contributed by atoms with Gasteiger partial charge < -0.3 is 19.7 Å². The molecule has 0 heterocycles. The molecule has 342 valence electrons. The lowest BCUT2D eigenvalue weighted by molar-refractivity contribution is -0.152. The average Bonchev–Trinajstić information content (AvgIpc) is 3.18. The van der Waals surface area contributed by atoms with Gasteiger partial charge in [0.15, 0.2) is 0 Å². The van der Waals surface area contributed by atoms with E-state index in [9.17, 15) is 28.6 Å². The van der Waals surface area contributed by atoms with E-state index in [1.165, 1.54) is 155 Å². The van der Waals surface area contributed by atoms with Gasteiger partial charge >= 0.3 is 13.8 Å². The summed E-state index contributed by atoms with van der Waals surface area (Å²) in [5.41, 5.74) is 0. The van der Waals surface area contributed by atoms with Crippen LogP contribution in [0.5, 0.6) is 0 Å². The molecule has 0 aliphatic rings. The molecule has 0 aliphatic carbocycles. The predicted molar refractivity (Wildman–Crippen MR) is 238 cm³/mol. The first-order chi connectivity index (χ1) is 28.1. The lowest BCUT2D eigenvalue weighted by atomic mass is 10.0. The summed E-state index contributed by atoms with van der Waals surface area (Å²) in [4.78, 5) is 58.9. The number of esters is 1. The summed E-state index contributed by atoms with van der Waals surface area (Å²) in [6, 6.07) is 0. The molecule has 10 nitrogen and oxygen atoms in total. The second-order valence-corrected chi connectivity index (χ2v) is 18.2. The first kappa shape index (κ1) is 56.4. The van der Waals surface area contributed by atoms with Gasteiger partial charge in [-0.2, -0.15) is 0 Å². The van der Waals surface area contributed by atoms with Crippen LogP contribution in [-0.4, -0.2) is 54.2 Å². The van der Waals surface area contributed by atoms with E-state index < -0.39 is 26.5 Å². The Balaban J connectivity index is 4.48. The fourth-order valence-corrected chi connectivity index (χ4v) is 7.97. The third-order valence-electron chi connectivity index (χ3n) is 10.8. The highest BCUT2D eigenvalue weighted by molar-refractivity contribution is 7.47. The molecule has 0 spiro atoms. The molecule has 0 aromatic rings. The lowest BCUT2D eigenvalue weighted by Gasteiger charge is -2.19. The second kappa shape index (κ2) is 42.1. The van der Waals surface area contributed by atoms with Gasteiger partial charge in [0.2, 0.25) is 5.91 Å². The first-order valence-corrected chi connectivity index (χ1v) is 25.7. The van der Waals surface area contributed by atoms with Crippen molar-refractivity contribution >= 4 is 31.3 Å². The van der Waals surface area contributed by atoms with E-state index >= 15 is 0 Å². The molecular formula is C47H90NO9P. The van der Waals surface area contributed by atoms with Crippen LogP contribution in [0.1, 0.15) is 252 Å². The van der Waals surface area contributed by atoms with Gasteiger partial charge in [0.25, 0.3) is 0 Å². The molecule has 0 saturated carbocycles. The van der Waals surface area contributed by atoms with E-state index in [1.54, 1.807) is 0 Å². The lowest BCUT2D eigenvalue weighted by Crippen LogP contribution is -2.28. The molecule has 0 bridgehead atoms. The molecule has 58 heavy (non-hydrogen) atoms. The van der Waals surface area contributed by atoms with Crippen molar-refractivity contribution in [1.29, 1.82) is 0 Å². The van der Waals surface area contributed by atoms with Crippen LogP contribution in [0, 0.1) is 0 Å². The van der Waals surface area contributed by atoms with E-state index in [1.807, 2.05) is 0 Å². The third-order valence-corrected chi connectivity index (χ3v) is 11.8. The van der Waals surface area contributed by atoms with Crippen LogP contribution in [0.2, 0.25) is 0 Å². The van der Waals surface area contributed by atoms with Crippen LogP contribution in [0.4, 0.5) is 0 Å². The molecule has 11 heteroatoms. The highest BCUT2D eigenvalue weighted by Gasteiger charge is 2.26. The molecule has 0 radical (unpaired) electrons. The topological polar surface area (TPSA) is 145 Å². The Labute approximate surface area is 355 Å². The van der Waals surface area contributed by atoms with Crippen LogP contribution in [-0.2, 0) is 37.5 Å². The summed E-state index contributed by atoms with van der Waals surface area (Å²) in [5, 5.41) is 2.58. The normalized spacial score (nSPS) is 13.0. The second-order valence-electron chi connectivity index (χ2n) is 16.8. The van der Waals surface area contributed by atoms with Gasteiger partial charge in [-0.05, 0) is 26.2 Å². The van der Waals surface area contributed by atoms with Crippen LogP contribution < -0.4 is 5.32 Å². The standard InChI is InChI=1S/C47H90NO9P/c1-4-6-8-10-12-14-16-18-20-22-24-26-28-30-32-36-44(50)41-45(42-56-58(53,54)55-40-39-48-46(51)37-34-35-43(3)49)57-47(52)38-33-31-29-27-25-23-21-19-17-15-13-11-9-7-5-2/h45H,4-42H2,1-3H3,(H,48,51)(H,53,54). The maximum absolute atomic E-state index is 12.9. The highest BCUT2D eigenvalue weighted by Crippen LogP contribution is 2.43. The molecule has 1 amide bonds. The number of hydrogen-bond acceptors (Lipinski definition) is 8. The largest absolute Gasteiger partial charge is 0.472 e. The van der Waals surface area contributed by atoms with Crippen molar-refractivity contribution < 1.29 is 42.4 Å². The maximum Gasteiger partial charge on any atom is 0.472 e. The smallest absolute Gasteiger partial charge is 0.459 e. The van der Waals surface area contributed by atoms with Crippen molar-refractivity contribution in [3.8, 4) is 0 Å². The van der Waals surface area contributed by atoms with Crippen molar-refractivity contribution in [2.75, 3.05) is 19.8 Å². The van der Waals surface area contributed by atoms with Crippen molar-refractivity contribution in [1.82, 2.24) is 5.32 Å². The van der Waals surface area contributed by atoms with Gasteiger partial charge in [-0.25, -0.2) is 4.57 Å². The third kappa shape index (κ3) is 42.5. The van der Waals surface area contributed by atoms with E-state index in [2.05, 4.69) is 19.2 Å². The zero-order chi connectivity index (χ0) is 42.8. The number of phosphoric ester groups is 1. The van der Waals surface area contributed by atoms with Crippen LogP contribution in [0.3, 0.4) is 0 Å². The Hall–Kier alpha value is -1.61. The number of rotatable bonds is 46. The molecule has 0 saturated heterocycles. The number of amides is 1. The monoisotopic (exact) mass is 844 g/mol. The number of hydrogen-bond donors (Lipinski definition) is 2. The minimum absolute atomic E-state index is 0.00947. The van der Waals surface area contributed by atoms with Gasteiger partial charge in [0, 0.05) is 38.6 Å². The number of nitrogens with one attached hydrogen (secondary N) is 1. The van der Waals surface area contributed by atoms with Gasteiger partial charge in [0.05, 0.1) is 13.2 Å². The van der Waals surface area contributed by atoms with Crippen molar-refractivity contribution in [3.63, 3.8) is 0 Å². The Morgan fingerprint density at radius 2 is 0.914 bits per heavy atom. The Morgan fingerprint density at radius 3 is 1.33 bits per heavy atom. The molecular weight excluding hydrogens is 753 g/mol. The zero-order valence-corrected chi connectivity index (χ0v) is 38.7. The number of unbranched alkanes of at least 4 members (excludes halogenated alkanes) is 28. The SMILES string of the molecule is CCCCCCCCCCCCCCCCCC(=O)CC(COP(=O)(O)OCCNC(=O)CCCC(C)=O)OC(=O)CCCCCCCCCCCCCCCCC. The van der Waals surface area contributed by atoms with E-state index in [-0.39, 0.29) is 49.9 Å². The maximum atomic E-state index is 12.9. The average molecular weight is 844 g/mol. The van der Waals surface area contributed by atoms with E-state index in [4.69, 9.17) is 13.8 Å². The number of ketones is 2. The quantitative estimate of drug-likeness (QED) is 0.0347. The van der Waals surface area contributed by atoms with Crippen LogP contribution >= 0.6 is 7.82 Å². The van der Waals surface area contributed by atoms with Crippen molar-refractivity contribution in [3.05, 3.63) is 0 Å². The number of ether oxygens (including phenoxy) is 1. The molecule has 0 aromatic carbocycles. The first-order valence-electron chi connectivity index (χ1n) is 24.2. The van der Waals surface area contributed by atoms with Gasteiger partial charge in [-0.15, -0.1) is 0 Å². The summed E-state index contributed by atoms with van der Waals surface area (Å²) in [6.07, 6.45) is 37.5. The van der Waals surface area contributed by atoms with Gasteiger partial charge in [-0.1, -0.05) is 194 Å². The van der Waals surface area contributed by atoms with E-state index in [0.29, 0.717) is 25.7 Å². The Bertz CT molecular complexity index is 992. The van der Waals surface area contributed by atoms with Crippen molar-refractivity contribution in [2.45, 2.75) is 258 Å². The van der Waals surface area contributed by atoms with Gasteiger partial charge in [0.1, 0.15) is 17.7 Å². The summed E-state index contributed by atoms with van der Waals surface area (Å²) >= 11 is 0. The zero-order valence-electron chi connectivity index (χ0n) is 37.8. The summed E-state index contributed by atoms with van der Waals surface area (Å²) in [6.45, 7) is 5.25. The molecule has 0 rings (SSSR count). The molecule has 2 atom stereocenters. The number of carbonyl (C=O) groups is 4. The minimum Gasteiger partial charge on any atom is -0.459 e. The summed E-state index contributed by atoms with van der Waals surface area (Å²) in [5.74, 6) is -0.782. The fourth-order valence-electron chi connectivity index (χ4n) is 7.22. The molecule has 0 aliphatic heterocycles. The highest BCUT2D eigenvalue weighted by atomic mass is 31.2. The Morgan fingerprint density at radius 1 is 0.517 bits per heavy atom. The summed E-state index contributed by atoms with van der Waals surface area (Å²) < 4.78 is 28.4. The fraction of sp³-hybridized carbons (Fsp3) is 0.915. The van der Waals surface area contributed by atoms with Crippen LogP contribution in [0.25, 0.3) is 0 Å². The Kier molecular flexibility index (Phi) is 40.9. The van der Waals surface area contributed by atoms with Gasteiger partial charge in [-0.3, -0.25) is 23.4 Å². The van der Waals surface area contributed by atoms with Crippen LogP contribution in [0.15, 0.2) is 0 Å². The predicted octanol–water partition coefficient (Wildman–Crippen LogP) is 13.4. The number of carbonyl (C=O) groups excluding carboxylic acids is 4. The van der Waals surface area contributed by atoms with E-state index in [0.717, 1.165) is 38.5 Å². The molecule has 0 aromatic heterocycles. The molecule has 2 unspecified atom stereocenters.